The molecular formula is C20H20F2N2O6S2. The van der Waals surface area contributed by atoms with E-state index in [4.69, 9.17) is 4.74 Å². The predicted octanol–water partition coefficient (Wildman–Crippen LogP) is 2.43. The normalized spacial score (nSPS) is 14.3. The first kappa shape index (κ1) is 23.8. The van der Waals surface area contributed by atoms with Crippen LogP contribution in [0.5, 0.6) is 0 Å². The minimum absolute atomic E-state index is 0.0947. The Labute approximate surface area is 186 Å². The van der Waals surface area contributed by atoms with E-state index in [1.54, 1.807) is 6.92 Å². The van der Waals surface area contributed by atoms with Gasteiger partial charge in [0.1, 0.15) is 16.6 Å². The molecule has 0 radical (unpaired) electrons. The molecule has 0 fully saturated rings. The SMILES string of the molecule is CCOC(=O)c1c(NC(=O)CCNC(=O)c2ccc(F)cc2F)sc2c1CCS(=O)(=O)C2. The Balaban J connectivity index is 1.67. The molecule has 0 aliphatic carbocycles. The van der Waals surface area contributed by atoms with Crippen molar-refractivity contribution in [3.05, 3.63) is 51.4 Å². The molecule has 0 atom stereocenters. The quantitative estimate of drug-likeness (QED) is 0.581. The van der Waals surface area contributed by atoms with Crippen LogP contribution in [0.1, 0.15) is 44.5 Å². The number of benzene rings is 1. The van der Waals surface area contributed by atoms with Gasteiger partial charge in [0.25, 0.3) is 5.91 Å². The predicted molar refractivity (Wildman–Crippen MR) is 113 cm³/mol. The second kappa shape index (κ2) is 9.74. The Morgan fingerprint density at radius 2 is 1.97 bits per heavy atom. The average Bonchev–Trinajstić information content (AvgIpc) is 3.03. The number of fused-ring (bicyclic) bond motifs is 1. The van der Waals surface area contributed by atoms with E-state index in [1.807, 2.05) is 0 Å². The van der Waals surface area contributed by atoms with E-state index in [9.17, 15) is 31.6 Å². The van der Waals surface area contributed by atoms with Crippen LogP contribution in [0.2, 0.25) is 0 Å². The maximum absolute atomic E-state index is 13.7. The zero-order valence-corrected chi connectivity index (χ0v) is 18.6. The summed E-state index contributed by atoms with van der Waals surface area (Å²) in [5.41, 5.74) is 0.342. The monoisotopic (exact) mass is 486 g/mol. The Hall–Kier alpha value is -2.86. The van der Waals surface area contributed by atoms with Gasteiger partial charge in [-0.15, -0.1) is 11.3 Å². The van der Waals surface area contributed by atoms with Crippen molar-refractivity contribution in [2.45, 2.75) is 25.5 Å². The average molecular weight is 487 g/mol. The van der Waals surface area contributed by atoms with Gasteiger partial charge < -0.3 is 15.4 Å². The molecule has 172 valence electrons. The molecule has 1 aliphatic heterocycles. The fourth-order valence-electron chi connectivity index (χ4n) is 3.18. The highest BCUT2D eigenvalue weighted by molar-refractivity contribution is 7.90. The summed E-state index contributed by atoms with van der Waals surface area (Å²) in [5, 5.41) is 5.13. The van der Waals surface area contributed by atoms with Crippen molar-refractivity contribution in [1.29, 1.82) is 0 Å². The molecule has 0 spiro atoms. The highest BCUT2D eigenvalue weighted by atomic mass is 32.2. The molecule has 0 unspecified atom stereocenters. The van der Waals surface area contributed by atoms with Crippen LogP contribution in [0.4, 0.5) is 13.8 Å². The van der Waals surface area contributed by atoms with Gasteiger partial charge in [0.2, 0.25) is 5.91 Å². The Bertz CT molecular complexity index is 1180. The van der Waals surface area contributed by atoms with Crippen molar-refractivity contribution in [2.75, 3.05) is 24.2 Å². The number of ether oxygens (including phenoxy) is 1. The Morgan fingerprint density at radius 1 is 1.22 bits per heavy atom. The van der Waals surface area contributed by atoms with E-state index in [1.165, 1.54) is 0 Å². The molecule has 12 heteroatoms. The first-order chi connectivity index (χ1) is 15.1. The number of anilines is 1. The molecule has 1 aromatic carbocycles. The zero-order chi connectivity index (χ0) is 23.5. The molecule has 2 heterocycles. The largest absolute Gasteiger partial charge is 0.462 e. The summed E-state index contributed by atoms with van der Waals surface area (Å²) in [4.78, 5) is 37.3. The molecule has 32 heavy (non-hydrogen) atoms. The van der Waals surface area contributed by atoms with Crippen LogP contribution in [0.3, 0.4) is 0 Å². The lowest BCUT2D eigenvalue weighted by atomic mass is 10.1. The third kappa shape index (κ3) is 5.49. The van der Waals surface area contributed by atoms with Gasteiger partial charge in [0, 0.05) is 23.9 Å². The number of hydrogen-bond donors (Lipinski definition) is 2. The van der Waals surface area contributed by atoms with E-state index in [0.717, 1.165) is 23.5 Å². The van der Waals surface area contributed by atoms with Crippen LogP contribution in [0, 0.1) is 11.6 Å². The topological polar surface area (TPSA) is 119 Å². The molecule has 0 saturated heterocycles. The lowest BCUT2D eigenvalue weighted by Gasteiger charge is -2.13. The summed E-state index contributed by atoms with van der Waals surface area (Å²) in [6, 6.07) is 2.52. The lowest BCUT2D eigenvalue weighted by Crippen LogP contribution is -2.28. The molecule has 8 nitrogen and oxygen atoms in total. The summed E-state index contributed by atoms with van der Waals surface area (Å²) in [7, 11) is -3.28. The molecule has 2 amide bonds. The third-order valence-corrected chi connectivity index (χ3v) is 7.54. The Morgan fingerprint density at radius 3 is 2.66 bits per heavy atom. The number of hydrogen-bond acceptors (Lipinski definition) is 7. The lowest BCUT2D eigenvalue weighted by molar-refractivity contribution is -0.116. The van der Waals surface area contributed by atoms with Crippen molar-refractivity contribution < 1.29 is 36.3 Å². The maximum Gasteiger partial charge on any atom is 0.341 e. The summed E-state index contributed by atoms with van der Waals surface area (Å²) in [6.45, 7) is 1.60. The number of sulfone groups is 1. The number of esters is 1. The van der Waals surface area contributed by atoms with Crippen LogP contribution in [0.15, 0.2) is 18.2 Å². The smallest absolute Gasteiger partial charge is 0.341 e. The number of halogens is 2. The first-order valence-corrected chi connectivity index (χ1v) is 12.3. The fraction of sp³-hybridized carbons (Fsp3) is 0.350. The number of thiophene rings is 1. The van der Waals surface area contributed by atoms with E-state index in [-0.39, 0.29) is 53.6 Å². The van der Waals surface area contributed by atoms with Crippen molar-refractivity contribution in [3.8, 4) is 0 Å². The molecular weight excluding hydrogens is 466 g/mol. The van der Waals surface area contributed by atoms with Gasteiger partial charge >= 0.3 is 5.97 Å². The second-order valence-corrected chi connectivity index (χ2v) is 10.2. The second-order valence-electron chi connectivity index (χ2n) is 6.95. The van der Waals surface area contributed by atoms with Crippen LogP contribution >= 0.6 is 11.3 Å². The number of carbonyl (C=O) groups excluding carboxylic acids is 3. The number of carbonyl (C=O) groups is 3. The van der Waals surface area contributed by atoms with Crippen molar-refractivity contribution >= 4 is 44.0 Å². The van der Waals surface area contributed by atoms with Gasteiger partial charge in [-0.3, -0.25) is 9.59 Å². The van der Waals surface area contributed by atoms with Crippen molar-refractivity contribution in [2.24, 2.45) is 0 Å². The van der Waals surface area contributed by atoms with E-state index in [0.29, 0.717) is 16.5 Å². The molecule has 0 saturated carbocycles. The third-order valence-electron chi connectivity index (χ3n) is 4.65. The number of rotatable bonds is 7. The van der Waals surface area contributed by atoms with Gasteiger partial charge in [0.15, 0.2) is 9.84 Å². The van der Waals surface area contributed by atoms with Crippen molar-refractivity contribution in [1.82, 2.24) is 5.32 Å². The summed E-state index contributed by atoms with van der Waals surface area (Å²) in [6.07, 6.45) is -0.0465. The van der Waals surface area contributed by atoms with Crippen LogP contribution in [-0.2, 0) is 31.5 Å². The minimum atomic E-state index is -3.28. The van der Waals surface area contributed by atoms with Gasteiger partial charge in [-0.05, 0) is 31.0 Å². The highest BCUT2D eigenvalue weighted by Gasteiger charge is 2.32. The summed E-state index contributed by atoms with van der Waals surface area (Å²) in [5.74, 6) is -4.15. The highest BCUT2D eigenvalue weighted by Crippen LogP contribution is 2.38. The van der Waals surface area contributed by atoms with Crippen LogP contribution < -0.4 is 10.6 Å². The molecule has 2 N–H and O–H groups in total. The number of nitrogens with one attached hydrogen (secondary N) is 2. The molecule has 3 rings (SSSR count). The summed E-state index contributed by atoms with van der Waals surface area (Å²) < 4.78 is 55.5. The fourth-order valence-corrected chi connectivity index (χ4v) is 6.23. The minimum Gasteiger partial charge on any atom is -0.462 e. The molecule has 1 aromatic heterocycles. The van der Waals surface area contributed by atoms with E-state index < -0.39 is 39.3 Å². The van der Waals surface area contributed by atoms with E-state index in [2.05, 4.69) is 10.6 Å². The first-order valence-electron chi connectivity index (χ1n) is 9.66. The van der Waals surface area contributed by atoms with Crippen molar-refractivity contribution in [3.63, 3.8) is 0 Å². The van der Waals surface area contributed by atoms with Gasteiger partial charge in [-0.2, -0.15) is 0 Å². The molecule has 1 aliphatic rings. The van der Waals surface area contributed by atoms with Gasteiger partial charge in [-0.1, -0.05) is 0 Å². The molecule has 2 aromatic rings. The molecule has 0 bridgehead atoms. The van der Waals surface area contributed by atoms with Gasteiger partial charge in [-0.25, -0.2) is 22.0 Å². The van der Waals surface area contributed by atoms with Gasteiger partial charge in [0.05, 0.1) is 29.2 Å². The maximum atomic E-state index is 13.7. The van der Waals surface area contributed by atoms with Crippen LogP contribution in [0.25, 0.3) is 0 Å². The zero-order valence-electron chi connectivity index (χ0n) is 17.0. The standard InChI is InChI=1S/C20H20F2N2O6S2/c1-2-30-20(27)17-13-6-8-32(28,29)10-15(13)31-19(17)24-16(25)5-7-23-18(26)12-4-3-11(21)9-14(12)22/h3-4,9H,2,5-8,10H2,1H3,(H,23,26)(H,24,25). The summed E-state index contributed by atoms with van der Waals surface area (Å²) >= 11 is 1.00. The number of amides is 2. The van der Waals surface area contributed by atoms with Crippen LogP contribution in [-0.4, -0.2) is 45.1 Å². The van der Waals surface area contributed by atoms with E-state index >= 15 is 0 Å². The Kier molecular flexibility index (Phi) is 7.24.